The van der Waals surface area contributed by atoms with Gasteiger partial charge in [0.2, 0.25) is 5.91 Å². The summed E-state index contributed by atoms with van der Waals surface area (Å²) in [5.41, 5.74) is 0.990. The molecule has 0 aliphatic heterocycles. The van der Waals surface area contributed by atoms with E-state index in [2.05, 4.69) is 59.1 Å². The summed E-state index contributed by atoms with van der Waals surface area (Å²) >= 11 is 6.05. The first-order chi connectivity index (χ1) is 28.4. The molecule has 7 aliphatic rings. The number of hydrogen-bond donors (Lipinski definition) is 3. The topological polar surface area (TPSA) is 139 Å². The lowest BCUT2D eigenvalue weighted by atomic mass is 9.33. The Morgan fingerprint density at radius 1 is 0.820 bits per heavy atom. The largest absolute Gasteiger partial charge is 0.481 e. The van der Waals surface area contributed by atoms with Crippen LogP contribution in [0, 0.1) is 68.0 Å². The van der Waals surface area contributed by atoms with Crippen LogP contribution < -0.4 is 10.6 Å². The van der Waals surface area contributed by atoms with Gasteiger partial charge in [0.05, 0.1) is 17.4 Å². The summed E-state index contributed by atoms with van der Waals surface area (Å²) in [5, 5.41) is 16.7. The minimum Gasteiger partial charge on any atom is -0.481 e. The number of halogens is 1. The average molecular weight is 860 g/mol. The Balaban J connectivity index is 1.00. The summed E-state index contributed by atoms with van der Waals surface area (Å²) in [6.45, 7) is 20.7. The number of allylic oxidation sites excluding steroid dienone is 2. The van der Waals surface area contributed by atoms with Gasteiger partial charge in [0.15, 0.2) is 5.78 Å². The summed E-state index contributed by atoms with van der Waals surface area (Å²) < 4.78 is 6.43. The van der Waals surface area contributed by atoms with E-state index in [1.165, 1.54) is 5.57 Å². The fourth-order valence-electron chi connectivity index (χ4n) is 15.7. The second-order valence-electron chi connectivity index (χ2n) is 23.3. The Labute approximate surface area is 368 Å². The van der Waals surface area contributed by atoms with Crippen LogP contribution >= 0.6 is 11.6 Å². The van der Waals surface area contributed by atoms with Gasteiger partial charge in [-0.25, -0.2) is 0 Å². The van der Waals surface area contributed by atoms with Crippen molar-refractivity contribution in [1.82, 2.24) is 10.6 Å². The van der Waals surface area contributed by atoms with Gasteiger partial charge in [-0.15, -0.1) is 0 Å². The minimum atomic E-state index is -0.839. The van der Waals surface area contributed by atoms with Crippen LogP contribution in [0.1, 0.15) is 163 Å². The van der Waals surface area contributed by atoms with Crippen molar-refractivity contribution in [2.24, 2.45) is 68.0 Å². The lowest BCUT2D eigenvalue weighted by molar-refractivity contribution is -0.236. The van der Waals surface area contributed by atoms with E-state index in [-0.39, 0.29) is 63.2 Å². The Morgan fingerprint density at radius 3 is 2.11 bits per heavy atom. The van der Waals surface area contributed by atoms with E-state index in [9.17, 15) is 29.1 Å². The fraction of sp³-hybridized carbons (Fsp3) is 0.745. The molecule has 334 valence electrons. The van der Waals surface area contributed by atoms with Gasteiger partial charge in [0.1, 0.15) is 6.10 Å². The molecule has 0 heterocycles. The first-order valence-corrected chi connectivity index (χ1v) is 23.9. The van der Waals surface area contributed by atoms with Crippen molar-refractivity contribution in [1.29, 1.82) is 0 Å². The van der Waals surface area contributed by atoms with Crippen LogP contribution in [0.5, 0.6) is 0 Å². The maximum Gasteiger partial charge on any atom is 0.309 e. The number of carboxylic acid groups (broad SMARTS) is 1. The lowest BCUT2D eigenvalue weighted by Crippen LogP contribution is -2.66. The molecule has 10 atom stereocenters. The van der Waals surface area contributed by atoms with Crippen LogP contribution in [0.3, 0.4) is 0 Å². The molecule has 2 amide bonds. The van der Waals surface area contributed by atoms with Crippen molar-refractivity contribution in [3.05, 3.63) is 46.0 Å². The molecule has 0 spiro atoms. The zero-order valence-electron chi connectivity index (χ0n) is 38.2. The standard InChI is InChI=1S/C51H71ClN2O7/c1-29(2)40-35(55)26-50(27-39(56)54-51(19-10-20-51)28-53-42(57)30-11-13-31(52)14-12-30)24-23-48(8)32(41(40)50)15-16-37-47(7)21-18-38(46(5,6)36(47)17-22-49(37,48)9)61-44(60)34-25-33(43(58)59)45(34,3)4/h11-14,29,32-34,36-38H,10,15-28H2,1-9H3,(H,53,57)(H,54,56)(H,58,59)/t32-,33+,34-,36+,37-,38+,47+,48-,49-,50+/m1/s1. The van der Waals surface area contributed by atoms with E-state index < -0.39 is 34.2 Å². The highest BCUT2D eigenvalue weighted by molar-refractivity contribution is 6.30. The number of ketones is 1. The van der Waals surface area contributed by atoms with Crippen LogP contribution in [-0.2, 0) is 23.9 Å². The summed E-state index contributed by atoms with van der Waals surface area (Å²) in [6, 6.07) is 6.82. The van der Waals surface area contributed by atoms with Gasteiger partial charge >= 0.3 is 11.9 Å². The molecule has 0 radical (unpaired) electrons. The van der Waals surface area contributed by atoms with E-state index in [4.69, 9.17) is 16.3 Å². The van der Waals surface area contributed by atoms with Crippen molar-refractivity contribution in [3.63, 3.8) is 0 Å². The second-order valence-corrected chi connectivity index (χ2v) is 23.7. The van der Waals surface area contributed by atoms with Gasteiger partial charge in [-0.3, -0.25) is 24.0 Å². The third-order valence-corrected chi connectivity index (χ3v) is 19.8. The van der Waals surface area contributed by atoms with Gasteiger partial charge in [-0.2, -0.15) is 0 Å². The highest BCUT2D eigenvalue weighted by Gasteiger charge is 2.70. The number of Topliss-reactive ketones (excluding diaryl/α,β-unsaturated/α-hetero) is 1. The summed E-state index contributed by atoms with van der Waals surface area (Å²) in [6.07, 6.45) is 11.2. The number of benzene rings is 1. The number of nitrogens with one attached hydrogen (secondary N) is 2. The second kappa shape index (κ2) is 14.9. The molecular weight excluding hydrogens is 788 g/mol. The number of carbonyl (C=O) groups is 5. The van der Waals surface area contributed by atoms with Gasteiger partial charge in [-0.1, -0.05) is 79.5 Å². The normalized spacial score (nSPS) is 39.0. The molecule has 61 heavy (non-hydrogen) atoms. The van der Waals surface area contributed by atoms with Gasteiger partial charge in [0, 0.05) is 40.8 Å². The third-order valence-electron chi connectivity index (χ3n) is 19.5. The molecule has 9 nitrogen and oxygen atoms in total. The molecule has 8 rings (SSSR count). The van der Waals surface area contributed by atoms with E-state index in [0.717, 1.165) is 76.2 Å². The quantitative estimate of drug-likeness (QED) is 0.199. The maximum atomic E-state index is 14.4. The highest BCUT2D eigenvalue weighted by atomic mass is 35.5. The molecule has 6 fully saturated rings. The first-order valence-electron chi connectivity index (χ1n) is 23.5. The zero-order valence-corrected chi connectivity index (χ0v) is 39.0. The number of hydrogen-bond acceptors (Lipinski definition) is 6. The molecule has 0 saturated heterocycles. The van der Waals surface area contributed by atoms with Gasteiger partial charge in [-0.05, 0) is 152 Å². The average Bonchev–Trinajstić information content (AvgIpc) is 3.45. The Hall–Kier alpha value is -3.20. The molecule has 7 aliphatic carbocycles. The molecule has 10 heteroatoms. The number of rotatable bonds is 10. The van der Waals surface area contributed by atoms with Crippen molar-refractivity contribution in [2.75, 3.05) is 6.54 Å². The number of ether oxygens (including phenoxy) is 1. The molecule has 0 unspecified atom stereocenters. The highest BCUT2D eigenvalue weighted by Crippen LogP contribution is 2.77. The maximum absolute atomic E-state index is 14.4. The van der Waals surface area contributed by atoms with Crippen LogP contribution in [-0.4, -0.2) is 52.8 Å². The number of aliphatic carboxylic acids is 1. The summed E-state index contributed by atoms with van der Waals surface area (Å²) in [5.74, 6) is -0.845. The molecule has 1 aromatic rings. The first kappa shape index (κ1) is 44.4. The smallest absolute Gasteiger partial charge is 0.309 e. The molecular formula is C51H71ClN2O7. The molecule has 0 aromatic heterocycles. The molecule has 1 aromatic carbocycles. The van der Waals surface area contributed by atoms with E-state index in [0.29, 0.717) is 48.2 Å². The van der Waals surface area contributed by atoms with E-state index >= 15 is 0 Å². The predicted molar refractivity (Wildman–Crippen MR) is 235 cm³/mol. The van der Waals surface area contributed by atoms with Crippen molar-refractivity contribution >= 4 is 41.1 Å². The number of fused-ring (bicyclic) bond motifs is 7. The van der Waals surface area contributed by atoms with Crippen molar-refractivity contribution < 1.29 is 33.8 Å². The van der Waals surface area contributed by atoms with Crippen LogP contribution in [0.25, 0.3) is 0 Å². The number of amides is 2. The summed E-state index contributed by atoms with van der Waals surface area (Å²) in [7, 11) is 0. The van der Waals surface area contributed by atoms with Crippen LogP contribution in [0.4, 0.5) is 0 Å². The van der Waals surface area contributed by atoms with Crippen molar-refractivity contribution in [2.45, 2.75) is 164 Å². The zero-order chi connectivity index (χ0) is 44.3. The van der Waals surface area contributed by atoms with Gasteiger partial charge < -0.3 is 20.5 Å². The van der Waals surface area contributed by atoms with Crippen molar-refractivity contribution in [3.8, 4) is 0 Å². The molecule has 0 bridgehead atoms. The lowest BCUT2D eigenvalue weighted by Gasteiger charge is -2.72. The molecule has 3 N–H and O–H groups in total. The number of carboxylic acids is 1. The van der Waals surface area contributed by atoms with E-state index in [1.54, 1.807) is 24.3 Å². The number of carbonyl (C=O) groups excluding carboxylic acids is 4. The van der Waals surface area contributed by atoms with Crippen LogP contribution in [0.15, 0.2) is 35.4 Å². The molecule has 6 saturated carbocycles. The predicted octanol–water partition coefficient (Wildman–Crippen LogP) is 10.1. The summed E-state index contributed by atoms with van der Waals surface area (Å²) in [4.78, 5) is 67.2. The van der Waals surface area contributed by atoms with E-state index in [1.807, 2.05) is 13.8 Å². The monoisotopic (exact) mass is 858 g/mol. The fourth-order valence-corrected chi connectivity index (χ4v) is 15.8. The van der Waals surface area contributed by atoms with Gasteiger partial charge in [0.25, 0.3) is 5.91 Å². The Bertz CT molecular complexity index is 2030. The Morgan fingerprint density at radius 2 is 1.51 bits per heavy atom. The third kappa shape index (κ3) is 6.76. The van der Waals surface area contributed by atoms with Crippen LogP contribution in [0.2, 0.25) is 5.02 Å². The number of esters is 1. The Kier molecular flexibility index (Phi) is 10.9. The minimum absolute atomic E-state index is 0.0189. The SMILES string of the molecule is CC(C)C1=C2[C@H]3CC[C@@H]4[C@@]5(C)CC[C@H](OC(=O)[C@H]6C[C@@H](C(=O)O)C6(C)C)C(C)(C)[C@@H]5CC[C@@]4(C)[C@]3(C)CC[C@@]2(CC(=O)NC2(CNC(=O)c3ccc(Cl)cc3)CCC2)CC1=O.